The van der Waals surface area contributed by atoms with Crippen molar-refractivity contribution in [3.05, 3.63) is 47.0 Å². The summed E-state index contributed by atoms with van der Waals surface area (Å²) in [5, 5.41) is 8.87. The first-order valence-electron chi connectivity index (χ1n) is 5.54. The third kappa shape index (κ3) is 2.68. The van der Waals surface area contributed by atoms with E-state index >= 15 is 0 Å². The van der Waals surface area contributed by atoms with Gasteiger partial charge in [0.25, 0.3) is 0 Å². The van der Waals surface area contributed by atoms with Gasteiger partial charge < -0.3 is 14.8 Å². The Hall–Kier alpha value is -2.30. The molecule has 1 aromatic carbocycles. The molecular formula is C13H14N2O3. The van der Waals surface area contributed by atoms with E-state index in [1.807, 2.05) is 31.2 Å². The zero-order valence-electron chi connectivity index (χ0n) is 10.2. The number of benzene rings is 1. The fourth-order valence-corrected chi connectivity index (χ4v) is 1.59. The average Bonchev–Trinajstić information content (AvgIpc) is 2.70. The highest BCUT2D eigenvalue weighted by atomic mass is 16.5. The first-order chi connectivity index (χ1) is 8.56. The zero-order chi connectivity index (χ0) is 13.1. The van der Waals surface area contributed by atoms with Crippen LogP contribution in [0.25, 0.3) is 0 Å². The van der Waals surface area contributed by atoms with Crippen LogP contribution in [0.1, 0.15) is 27.6 Å². The molecule has 0 unspecified atom stereocenters. The van der Waals surface area contributed by atoms with E-state index in [9.17, 15) is 4.79 Å². The maximum atomic E-state index is 10.8. The molecule has 5 nitrogen and oxygen atoms in total. The Morgan fingerprint density at radius 1 is 1.33 bits per heavy atom. The van der Waals surface area contributed by atoms with Crippen LogP contribution >= 0.6 is 0 Å². The second kappa shape index (κ2) is 4.91. The van der Waals surface area contributed by atoms with Gasteiger partial charge in [-0.25, -0.2) is 9.78 Å². The normalized spacial score (nSPS) is 10.3. The van der Waals surface area contributed by atoms with Crippen LogP contribution in [0.3, 0.4) is 0 Å². The number of aromatic carboxylic acids is 1. The van der Waals surface area contributed by atoms with E-state index < -0.39 is 5.97 Å². The van der Waals surface area contributed by atoms with Crippen LogP contribution in [0.2, 0.25) is 0 Å². The maximum absolute atomic E-state index is 10.8. The number of aryl methyl sites for hydroxylation is 2. The molecule has 0 aliphatic carbocycles. The smallest absolute Gasteiger partial charge is 0.356 e. The summed E-state index contributed by atoms with van der Waals surface area (Å²) in [6.45, 7) is 3.89. The number of hydrogen-bond donors (Lipinski definition) is 2. The number of hydrogen-bond acceptors (Lipinski definition) is 3. The number of carbonyl (C=O) groups is 1. The molecule has 1 aromatic heterocycles. The molecule has 0 saturated heterocycles. The van der Waals surface area contributed by atoms with Crippen LogP contribution in [-0.4, -0.2) is 21.0 Å². The van der Waals surface area contributed by atoms with Crippen molar-refractivity contribution in [2.45, 2.75) is 20.5 Å². The Kier molecular flexibility index (Phi) is 3.32. The van der Waals surface area contributed by atoms with Gasteiger partial charge in [-0.15, -0.1) is 0 Å². The molecule has 1 heterocycles. The van der Waals surface area contributed by atoms with Gasteiger partial charge in [-0.05, 0) is 26.0 Å². The lowest BCUT2D eigenvalue weighted by molar-refractivity contribution is 0.0690. The molecule has 0 aliphatic heterocycles. The Labute approximate surface area is 104 Å². The summed E-state index contributed by atoms with van der Waals surface area (Å²) in [4.78, 5) is 17.7. The maximum Gasteiger partial charge on any atom is 0.356 e. The Bertz CT molecular complexity index is 558. The van der Waals surface area contributed by atoms with Gasteiger partial charge in [0.1, 0.15) is 18.2 Å². The minimum Gasteiger partial charge on any atom is -0.486 e. The van der Waals surface area contributed by atoms with Crippen LogP contribution in [0.5, 0.6) is 5.75 Å². The van der Waals surface area contributed by atoms with Crippen LogP contribution in [0.4, 0.5) is 0 Å². The van der Waals surface area contributed by atoms with Gasteiger partial charge >= 0.3 is 5.97 Å². The fraction of sp³-hybridized carbons (Fsp3) is 0.231. The lowest BCUT2D eigenvalue weighted by Gasteiger charge is -2.03. The van der Waals surface area contributed by atoms with Crippen molar-refractivity contribution in [2.24, 2.45) is 0 Å². The Morgan fingerprint density at radius 2 is 2.00 bits per heavy atom. The standard InChI is InChI=1S/C13H14N2O3/c1-8-3-5-10(6-4-8)18-7-11-14-9(2)12(15-11)13(16)17/h3-6H,7H2,1-2H3,(H,14,15)(H,16,17). The molecule has 0 radical (unpaired) electrons. The molecule has 2 N–H and O–H groups in total. The van der Waals surface area contributed by atoms with Crippen molar-refractivity contribution >= 4 is 5.97 Å². The molecule has 0 aliphatic rings. The van der Waals surface area contributed by atoms with Gasteiger partial charge in [-0.1, -0.05) is 17.7 Å². The number of nitrogens with one attached hydrogen (secondary N) is 1. The number of rotatable bonds is 4. The second-order valence-electron chi connectivity index (χ2n) is 4.06. The van der Waals surface area contributed by atoms with E-state index in [2.05, 4.69) is 9.97 Å². The van der Waals surface area contributed by atoms with E-state index in [1.54, 1.807) is 6.92 Å². The third-order valence-corrected chi connectivity index (χ3v) is 2.53. The number of ether oxygens (including phenoxy) is 1. The molecular weight excluding hydrogens is 232 g/mol. The first kappa shape index (κ1) is 12.2. The number of carboxylic acid groups (broad SMARTS) is 1. The Morgan fingerprint density at radius 3 is 2.56 bits per heavy atom. The number of nitrogens with zero attached hydrogens (tertiary/aromatic N) is 1. The molecule has 2 aromatic rings. The van der Waals surface area contributed by atoms with Crippen molar-refractivity contribution in [2.75, 3.05) is 0 Å². The van der Waals surface area contributed by atoms with Crippen molar-refractivity contribution in [1.82, 2.24) is 9.97 Å². The summed E-state index contributed by atoms with van der Waals surface area (Å²) in [6, 6.07) is 7.63. The van der Waals surface area contributed by atoms with E-state index in [4.69, 9.17) is 9.84 Å². The molecule has 5 heteroatoms. The first-order valence-corrected chi connectivity index (χ1v) is 5.54. The lowest BCUT2D eigenvalue weighted by atomic mass is 10.2. The van der Waals surface area contributed by atoms with E-state index in [-0.39, 0.29) is 12.3 Å². The number of imidazole rings is 1. The average molecular weight is 246 g/mol. The lowest BCUT2D eigenvalue weighted by Crippen LogP contribution is -2.00. The van der Waals surface area contributed by atoms with E-state index in [1.165, 1.54) is 0 Å². The van der Waals surface area contributed by atoms with Crippen molar-refractivity contribution in [3.63, 3.8) is 0 Å². The van der Waals surface area contributed by atoms with Gasteiger partial charge in [0.15, 0.2) is 5.69 Å². The van der Waals surface area contributed by atoms with Gasteiger partial charge in [-0.3, -0.25) is 0 Å². The van der Waals surface area contributed by atoms with Gasteiger partial charge in [-0.2, -0.15) is 0 Å². The molecule has 0 saturated carbocycles. The molecule has 0 spiro atoms. The Balaban J connectivity index is 2.04. The summed E-state index contributed by atoms with van der Waals surface area (Å²) in [5.74, 6) is 0.197. The molecule has 0 fully saturated rings. The monoisotopic (exact) mass is 246 g/mol. The number of H-pyrrole nitrogens is 1. The molecule has 18 heavy (non-hydrogen) atoms. The summed E-state index contributed by atoms with van der Waals surface area (Å²) in [6.07, 6.45) is 0. The van der Waals surface area contributed by atoms with Gasteiger partial charge in [0, 0.05) is 5.69 Å². The number of carboxylic acids is 1. The number of aromatic amines is 1. The molecule has 0 bridgehead atoms. The van der Waals surface area contributed by atoms with Crippen LogP contribution < -0.4 is 4.74 Å². The van der Waals surface area contributed by atoms with Crippen molar-refractivity contribution < 1.29 is 14.6 Å². The highest BCUT2D eigenvalue weighted by Gasteiger charge is 2.13. The highest BCUT2D eigenvalue weighted by molar-refractivity contribution is 5.86. The van der Waals surface area contributed by atoms with Crippen LogP contribution in [-0.2, 0) is 6.61 Å². The van der Waals surface area contributed by atoms with Gasteiger partial charge in [0.05, 0.1) is 0 Å². The molecule has 94 valence electrons. The SMILES string of the molecule is Cc1ccc(OCc2nc(C(=O)O)c(C)[nH]2)cc1. The minimum atomic E-state index is -1.04. The van der Waals surface area contributed by atoms with Crippen LogP contribution in [0, 0.1) is 13.8 Å². The minimum absolute atomic E-state index is 0.0394. The molecule has 2 rings (SSSR count). The third-order valence-electron chi connectivity index (χ3n) is 2.53. The van der Waals surface area contributed by atoms with E-state index in [0.717, 1.165) is 11.3 Å². The summed E-state index contributed by atoms with van der Waals surface area (Å²) in [7, 11) is 0. The summed E-state index contributed by atoms with van der Waals surface area (Å²) in [5.41, 5.74) is 1.73. The predicted molar refractivity (Wildman–Crippen MR) is 65.8 cm³/mol. The zero-order valence-corrected chi connectivity index (χ0v) is 10.2. The van der Waals surface area contributed by atoms with E-state index in [0.29, 0.717) is 11.5 Å². The van der Waals surface area contributed by atoms with Crippen LogP contribution in [0.15, 0.2) is 24.3 Å². The largest absolute Gasteiger partial charge is 0.486 e. The fourth-order valence-electron chi connectivity index (χ4n) is 1.59. The van der Waals surface area contributed by atoms with Gasteiger partial charge in [0.2, 0.25) is 0 Å². The summed E-state index contributed by atoms with van der Waals surface area (Å²) < 4.78 is 5.51. The number of aromatic nitrogens is 2. The second-order valence-corrected chi connectivity index (χ2v) is 4.06. The molecule has 0 amide bonds. The highest BCUT2D eigenvalue weighted by Crippen LogP contribution is 2.13. The quantitative estimate of drug-likeness (QED) is 0.868. The topological polar surface area (TPSA) is 75.2 Å². The molecule has 0 atom stereocenters. The summed E-state index contributed by atoms with van der Waals surface area (Å²) >= 11 is 0. The van der Waals surface area contributed by atoms with Crippen molar-refractivity contribution in [1.29, 1.82) is 0 Å². The van der Waals surface area contributed by atoms with Crippen molar-refractivity contribution in [3.8, 4) is 5.75 Å². The predicted octanol–water partition coefficient (Wildman–Crippen LogP) is 2.30.